The van der Waals surface area contributed by atoms with Crippen LogP contribution in [0, 0.1) is 23.7 Å². The van der Waals surface area contributed by atoms with E-state index in [-0.39, 0.29) is 17.7 Å². The van der Waals surface area contributed by atoms with Gasteiger partial charge in [0.15, 0.2) is 0 Å². The molecule has 118 valence electrons. The van der Waals surface area contributed by atoms with E-state index >= 15 is 0 Å². The van der Waals surface area contributed by atoms with Crippen LogP contribution in [-0.2, 0) is 19.1 Å². The number of hydrogen-bond acceptors (Lipinski definition) is 4. The Labute approximate surface area is 124 Å². The van der Waals surface area contributed by atoms with Gasteiger partial charge >= 0.3 is 5.97 Å². The Morgan fingerprint density at radius 2 is 1.62 bits per heavy atom. The summed E-state index contributed by atoms with van der Waals surface area (Å²) in [5, 5.41) is 9.43. The normalized spacial score (nSPS) is 29.8. The van der Waals surface area contributed by atoms with Crippen molar-refractivity contribution in [3.05, 3.63) is 12.2 Å². The molecular formula is C15H23NO5. The summed E-state index contributed by atoms with van der Waals surface area (Å²) in [6, 6.07) is 0. The molecule has 0 aromatic carbocycles. The molecule has 1 N–H and O–H groups in total. The first kappa shape index (κ1) is 16.0. The number of carbonyl (C=O) groups excluding carboxylic acids is 1. The molecule has 2 aliphatic rings. The molecule has 4 atom stereocenters. The minimum absolute atomic E-state index is 0.00634. The second-order valence-corrected chi connectivity index (χ2v) is 5.65. The van der Waals surface area contributed by atoms with E-state index in [0.717, 1.165) is 6.42 Å². The molecule has 4 unspecified atom stereocenters. The van der Waals surface area contributed by atoms with E-state index in [0.29, 0.717) is 26.3 Å². The molecule has 1 amide bonds. The summed E-state index contributed by atoms with van der Waals surface area (Å²) < 4.78 is 10.1. The monoisotopic (exact) mass is 297 g/mol. The second kappa shape index (κ2) is 7.04. The molecule has 2 rings (SSSR count). The van der Waals surface area contributed by atoms with Crippen LogP contribution >= 0.6 is 0 Å². The quantitative estimate of drug-likeness (QED) is 0.665. The number of amides is 1. The van der Waals surface area contributed by atoms with Crippen molar-refractivity contribution >= 4 is 11.9 Å². The van der Waals surface area contributed by atoms with Crippen molar-refractivity contribution in [1.82, 2.24) is 4.90 Å². The zero-order valence-electron chi connectivity index (χ0n) is 12.5. The van der Waals surface area contributed by atoms with Crippen LogP contribution in [0.4, 0.5) is 0 Å². The number of nitrogens with zero attached hydrogens (tertiary/aromatic N) is 1. The summed E-state index contributed by atoms with van der Waals surface area (Å²) in [6.07, 6.45) is 4.72. The maximum atomic E-state index is 12.8. The summed E-state index contributed by atoms with van der Waals surface area (Å²) in [5.74, 6) is -1.97. The first-order valence-electron chi connectivity index (χ1n) is 7.28. The molecule has 0 heterocycles. The molecule has 2 bridgehead atoms. The number of rotatable bonds is 8. The number of aliphatic carboxylic acids is 1. The van der Waals surface area contributed by atoms with Gasteiger partial charge < -0.3 is 19.5 Å². The highest BCUT2D eigenvalue weighted by atomic mass is 16.5. The molecule has 1 fully saturated rings. The minimum Gasteiger partial charge on any atom is -0.481 e. The number of hydrogen-bond donors (Lipinski definition) is 1. The Hall–Kier alpha value is -1.40. The largest absolute Gasteiger partial charge is 0.481 e. The van der Waals surface area contributed by atoms with Gasteiger partial charge in [-0.25, -0.2) is 0 Å². The maximum Gasteiger partial charge on any atom is 0.307 e. The first-order chi connectivity index (χ1) is 10.1. The summed E-state index contributed by atoms with van der Waals surface area (Å²) in [6.45, 7) is 1.79. The van der Waals surface area contributed by atoms with E-state index < -0.39 is 17.8 Å². The first-order valence-corrected chi connectivity index (χ1v) is 7.28. The van der Waals surface area contributed by atoms with Crippen molar-refractivity contribution in [2.24, 2.45) is 23.7 Å². The van der Waals surface area contributed by atoms with Crippen LogP contribution in [-0.4, -0.2) is 62.4 Å². The van der Waals surface area contributed by atoms with Gasteiger partial charge in [-0.1, -0.05) is 12.2 Å². The third kappa shape index (κ3) is 3.27. The zero-order valence-corrected chi connectivity index (χ0v) is 12.5. The van der Waals surface area contributed by atoms with Crippen molar-refractivity contribution in [1.29, 1.82) is 0 Å². The molecule has 0 saturated heterocycles. The van der Waals surface area contributed by atoms with Gasteiger partial charge in [0.2, 0.25) is 5.91 Å². The smallest absolute Gasteiger partial charge is 0.307 e. The fraction of sp³-hybridized carbons (Fsp3) is 0.733. The van der Waals surface area contributed by atoms with Gasteiger partial charge in [-0.2, -0.15) is 0 Å². The standard InChI is InChI=1S/C15H23NO5/c1-20-7-5-16(6-8-21-2)14(17)12-10-3-4-11(9-10)13(12)15(18)19/h3-4,10-13H,5-9H2,1-2H3,(H,18,19). The molecule has 0 aliphatic heterocycles. The lowest BCUT2D eigenvalue weighted by Crippen LogP contribution is -2.45. The molecule has 6 heteroatoms. The fourth-order valence-electron chi connectivity index (χ4n) is 3.44. The lowest BCUT2D eigenvalue weighted by molar-refractivity contribution is -0.151. The highest BCUT2D eigenvalue weighted by Crippen LogP contribution is 2.48. The highest BCUT2D eigenvalue weighted by molar-refractivity contribution is 5.87. The molecule has 0 aromatic rings. The zero-order chi connectivity index (χ0) is 15.4. The number of carboxylic acid groups (broad SMARTS) is 1. The van der Waals surface area contributed by atoms with Gasteiger partial charge in [-0.3, -0.25) is 9.59 Å². The molecule has 0 spiro atoms. The molecule has 0 radical (unpaired) electrons. The van der Waals surface area contributed by atoms with Crippen molar-refractivity contribution in [3.63, 3.8) is 0 Å². The van der Waals surface area contributed by atoms with E-state index in [4.69, 9.17) is 9.47 Å². The van der Waals surface area contributed by atoms with Crippen LogP contribution in [0.3, 0.4) is 0 Å². The predicted molar refractivity (Wildman–Crippen MR) is 75.7 cm³/mol. The number of fused-ring (bicyclic) bond motifs is 2. The SMILES string of the molecule is COCCN(CCOC)C(=O)C1C2C=CC(C2)C1C(=O)O. The van der Waals surface area contributed by atoms with Gasteiger partial charge in [0.05, 0.1) is 25.0 Å². The van der Waals surface area contributed by atoms with Crippen molar-refractivity contribution < 1.29 is 24.2 Å². The maximum absolute atomic E-state index is 12.8. The van der Waals surface area contributed by atoms with E-state index in [9.17, 15) is 14.7 Å². The van der Waals surface area contributed by atoms with Crippen LogP contribution in [0.5, 0.6) is 0 Å². The van der Waals surface area contributed by atoms with Crippen molar-refractivity contribution in [3.8, 4) is 0 Å². The Balaban J connectivity index is 2.11. The fourth-order valence-corrected chi connectivity index (χ4v) is 3.44. The van der Waals surface area contributed by atoms with Crippen molar-refractivity contribution in [2.45, 2.75) is 6.42 Å². The third-order valence-electron chi connectivity index (χ3n) is 4.47. The van der Waals surface area contributed by atoms with Crippen LogP contribution in [0.25, 0.3) is 0 Å². The average Bonchev–Trinajstić information content (AvgIpc) is 3.07. The van der Waals surface area contributed by atoms with E-state index in [1.54, 1.807) is 19.1 Å². The Bertz CT molecular complexity index is 414. The Morgan fingerprint density at radius 3 is 2.10 bits per heavy atom. The lowest BCUT2D eigenvalue weighted by Gasteiger charge is -2.30. The van der Waals surface area contributed by atoms with Crippen molar-refractivity contribution in [2.75, 3.05) is 40.5 Å². The Kier molecular flexibility index (Phi) is 5.36. The molecule has 0 aromatic heterocycles. The summed E-state index contributed by atoms with van der Waals surface area (Å²) in [4.78, 5) is 26.0. The average molecular weight is 297 g/mol. The van der Waals surface area contributed by atoms with Gasteiger partial charge in [-0.05, 0) is 18.3 Å². The summed E-state index contributed by atoms with van der Waals surface area (Å²) >= 11 is 0. The Morgan fingerprint density at radius 1 is 1.10 bits per heavy atom. The number of carboxylic acids is 1. The highest BCUT2D eigenvalue weighted by Gasteiger charge is 2.52. The molecule has 21 heavy (non-hydrogen) atoms. The number of allylic oxidation sites excluding steroid dienone is 2. The number of ether oxygens (including phenoxy) is 2. The van der Waals surface area contributed by atoms with Crippen LogP contribution in [0.1, 0.15) is 6.42 Å². The van der Waals surface area contributed by atoms with E-state index in [1.165, 1.54) is 0 Å². The van der Waals surface area contributed by atoms with Gasteiger partial charge in [-0.15, -0.1) is 0 Å². The van der Waals surface area contributed by atoms with Gasteiger partial charge in [0.25, 0.3) is 0 Å². The van der Waals surface area contributed by atoms with E-state index in [1.807, 2.05) is 12.2 Å². The molecule has 1 saturated carbocycles. The summed E-state index contributed by atoms with van der Waals surface area (Å²) in [7, 11) is 3.17. The lowest BCUT2D eigenvalue weighted by atomic mass is 9.82. The van der Waals surface area contributed by atoms with Gasteiger partial charge in [0.1, 0.15) is 0 Å². The predicted octanol–water partition coefficient (Wildman–Crippen LogP) is 0.631. The number of carbonyl (C=O) groups is 2. The molecule has 2 aliphatic carbocycles. The van der Waals surface area contributed by atoms with Crippen LogP contribution in [0.15, 0.2) is 12.2 Å². The minimum atomic E-state index is -0.872. The number of methoxy groups -OCH3 is 2. The second-order valence-electron chi connectivity index (χ2n) is 5.65. The molecular weight excluding hydrogens is 274 g/mol. The van der Waals surface area contributed by atoms with Crippen LogP contribution < -0.4 is 0 Å². The van der Waals surface area contributed by atoms with Gasteiger partial charge in [0, 0.05) is 27.3 Å². The third-order valence-corrected chi connectivity index (χ3v) is 4.47. The topological polar surface area (TPSA) is 76.1 Å². The summed E-state index contributed by atoms with van der Waals surface area (Å²) in [5.41, 5.74) is 0. The van der Waals surface area contributed by atoms with Crippen LogP contribution in [0.2, 0.25) is 0 Å². The molecule has 6 nitrogen and oxygen atoms in total. The van der Waals surface area contributed by atoms with E-state index in [2.05, 4.69) is 0 Å².